The summed E-state index contributed by atoms with van der Waals surface area (Å²) >= 11 is 6.77. The number of rotatable bonds is 5. The highest BCUT2D eigenvalue weighted by atomic mass is 32.2. The number of hydrogen-bond donors (Lipinski definition) is 2. The van der Waals surface area contributed by atoms with Crippen LogP contribution in [0.5, 0.6) is 0 Å². The quantitative estimate of drug-likeness (QED) is 0.444. The van der Waals surface area contributed by atoms with E-state index in [1.165, 1.54) is 24.6 Å². The van der Waals surface area contributed by atoms with Crippen molar-refractivity contribution < 1.29 is 0 Å². The highest BCUT2D eigenvalue weighted by molar-refractivity contribution is 7.99. The van der Waals surface area contributed by atoms with Gasteiger partial charge in [-0.2, -0.15) is 4.98 Å². The van der Waals surface area contributed by atoms with Crippen LogP contribution in [0.3, 0.4) is 0 Å². The van der Waals surface area contributed by atoms with Crippen LogP contribution >= 0.6 is 24.0 Å². The van der Waals surface area contributed by atoms with Crippen molar-refractivity contribution in [3.05, 3.63) is 24.5 Å². The molecular formula is C18H25N7S2. The van der Waals surface area contributed by atoms with Gasteiger partial charge in [0.1, 0.15) is 10.8 Å². The topological polar surface area (TPSA) is 78.9 Å². The number of hydrogen-bond acceptors (Lipinski definition) is 7. The highest BCUT2D eigenvalue weighted by Gasteiger charge is 2.20. The molecule has 0 unspecified atom stereocenters. The fourth-order valence-corrected chi connectivity index (χ4v) is 3.95. The molecule has 1 fully saturated rings. The molecule has 0 amide bonds. The molecular weight excluding hydrogens is 378 g/mol. The van der Waals surface area contributed by atoms with E-state index in [1.807, 2.05) is 19.9 Å². The Bertz CT molecular complexity index is 770. The van der Waals surface area contributed by atoms with Gasteiger partial charge in [-0.15, -0.1) is 0 Å². The van der Waals surface area contributed by atoms with Crippen LogP contribution in [0.1, 0.15) is 33.6 Å². The Kier molecular flexibility index (Phi) is 6.78. The molecule has 0 spiro atoms. The summed E-state index contributed by atoms with van der Waals surface area (Å²) in [5.74, 6) is 2.05. The molecule has 1 saturated heterocycles. The van der Waals surface area contributed by atoms with E-state index in [0.717, 1.165) is 23.9 Å². The molecule has 2 N–H and O–H groups in total. The third kappa shape index (κ3) is 6.00. The smallest absolute Gasteiger partial charge is 0.232 e. The minimum Gasteiger partial charge on any atom is -0.360 e. The fourth-order valence-electron chi connectivity index (χ4n) is 2.91. The summed E-state index contributed by atoms with van der Waals surface area (Å²) in [6.45, 7) is 8.35. The van der Waals surface area contributed by atoms with Gasteiger partial charge in [-0.25, -0.2) is 15.0 Å². The molecule has 3 heterocycles. The molecule has 2 aromatic heterocycles. The summed E-state index contributed by atoms with van der Waals surface area (Å²) in [4.78, 5) is 20.2. The van der Waals surface area contributed by atoms with E-state index in [2.05, 4.69) is 37.4 Å². The predicted octanol–water partition coefficient (Wildman–Crippen LogP) is 3.35. The van der Waals surface area contributed by atoms with Gasteiger partial charge in [-0.3, -0.25) is 0 Å². The largest absolute Gasteiger partial charge is 0.360 e. The van der Waals surface area contributed by atoms with Crippen molar-refractivity contribution in [2.45, 2.75) is 49.8 Å². The second kappa shape index (κ2) is 9.27. The summed E-state index contributed by atoms with van der Waals surface area (Å²) in [6.07, 6.45) is 5.88. The SMILES string of the molecule is CC(C)NC(=S)Nc1nc(Sc2ncccn2)cc(N2CCC[C@H](C)C2)n1. The van der Waals surface area contributed by atoms with Crippen molar-refractivity contribution in [2.75, 3.05) is 23.3 Å². The molecule has 1 atom stereocenters. The van der Waals surface area contributed by atoms with Crippen molar-refractivity contribution >= 4 is 40.9 Å². The van der Waals surface area contributed by atoms with Crippen LogP contribution in [-0.4, -0.2) is 44.2 Å². The second-order valence-electron chi connectivity index (χ2n) is 6.97. The lowest BCUT2D eigenvalue weighted by Gasteiger charge is -2.32. The van der Waals surface area contributed by atoms with Gasteiger partial charge < -0.3 is 15.5 Å². The zero-order chi connectivity index (χ0) is 19.2. The van der Waals surface area contributed by atoms with Crippen molar-refractivity contribution in [3.63, 3.8) is 0 Å². The molecule has 2 aromatic rings. The molecule has 7 nitrogen and oxygen atoms in total. The van der Waals surface area contributed by atoms with Crippen LogP contribution < -0.4 is 15.5 Å². The number of aromatic nitrogens is 4. The number of nitrogens with one attached hydrogen (secondary N) is 2. The Hall–Kier alpha value is -2.00. The lowest BCUT2D eigenvalue weighted by Crippen LogP contribution is -2.36. The van der Waals surface area contributed by atoms with Gasteiger partial charge in [0.15, 0.2) is 10.3 Å². The average Bonchev–Trinajstić information content (AvgIpc) is 2.61. The first kappa shape index (κ1) is 19.8. The first-order valence-electron chi connectivity index (χ1n) is 9.16. The molecule has 0 aromatic carbocycles. The molecule has 0 saturated carbocycles. The maximum absolute atomic E-state index is 5.36. The van der Waals surface area contributed by atoms with Crippen LogP contribution in [0.4, 0.5) is 11.8 Å². The zero-order valence-electron chi connectivity index (χ0n) is 15.8. The number of anilines is 2. The molecule has 0 bridgehead atoms. The van der Waals surface area contributed by atoms with E-state index in [1.54, 1.807) is 18.5 Å². The van der Waals surface area contributed by atoms with E-state index in [9.17, 15) is 0 Å². The van der Waals surface area contributed by atoms with Crippen LogP contribution in [-0.2, 0) is 0 Å². The van der Waals surface area contributed by atoms with E-state index < -0.39 is 0 Å². The summed E-state index contributed by atoms with van der Waals surface area (Å²) in [6, 6.07) is 4.04. The van der Waals surface area contributed by atoms with E-state index >= 15 is 0 Å². The van der Waals surface area contributed by atoms with Crippen molar-refractivity contribution in [1.29, 1.82) is 0 Å². The fraction of sp³-hybridized carbons (Fsp3) is 0.500. The monoisotopic (exact) mass is 403 g/mol. The first-order chi connectivity index (χ1) is 13.0. The Morgan fingerprint density at radius 1 is 1.30 bits per heavy atom. The molecule has 144 valence electrons. The molecule has 27 heavy (non-hydrogen) atoms. The van der Waals surface area contributed by atoms with Gasteiger partial charge in [0.2, 0.25) is 5.95 Å². The predicted molar refractivity (Wildman–Crippen MR) is 113 cm³/mol. The van der Waals surface area contributed by atoms with E-state index in [-0.39, 0.29) is 6.04 Å². The number of nitrogens with zero attached hydrogens (tertiary/aromatic N) is 5. The van der Waals surface area contributed by atoms with Crippen LogP contribution in [0.25, 0.3) is 0 Å². The Morgan fingerprint density at radius 3 is 2.78 bits per heavy atom. The normalized spacial score (nSPS) is 17.0. The lowest BCUT2D eigenvalue weighted by atomic mass is 10.0. The lowest BCUT2D eigenvalue weighted by molar-refractivity contribution is 0.444. The Morgan fingerprint density at radius 2 is 2.07 bits per heavy atom. The molecule has 1 aliphatic rings. The van der Waals surface area contributed by atoms with Crippen molar-refractivity contribution in [3.8, 4) is 0 Å². The van der Waals surface area contributed by atoms with Gasteiger partial charge in [0.25, 0.3) is 0 Å². The number of thiocarbonyl (C=S) groups is 1. The second-order valence-corrected chi connectivity index (χ2v) is 8.36. The van der Waals surface area contributed by atoms with E-state index in [0.29, 0.717) is 22.1 Å². The zero-order valence-corrected chi connectivity index (χ0v) is 17.5. The van der Waals surface area contributed by atoms with Crippen LogP contribution in [0.2, 0.25) is 0 Å². The van der Waals surface area contributed by atoms with Gasteiger partial charge >= 0.3 is 0 Å². The summed E-state index contributed by atoms with van der Waals surface area (Å²) in [7, 11) is 0. The van der Waals surface area contributed by atoms with Crippen molar-refractivity contribution in [1.82, 2.24) is 25.3 Å². The summed E-state index contributed by atoms with van der Waals surface area (Å²) in [5, 5.41) is 8.23. The maximum atomic E-state index is 5.36. The Labute approximate surface area is 169 Å². The highest BCUT2D eigenvalue weighted by Crippen LogP contribution is 2.28. The Balaban J connectivity index is 1.85. The van der Waals surface area contributed by atoms with Gasteiger partial charge in [0, 0.05) is 37.6 Å². The minimum atomic E-state index is 0.239. The summed E-state index contributed by atoms with van der Waals surface area (Å²) in [5.41, 5.74) is 0. The molecule has 9 heteroatoms. The third-order valence-electron chi connectivity index (χ3n) is 4.05. The standard InChI is InChI=1S/C18H25N7S2/c1-12(2)21-17(26)24-16-22-14(25-9-4-6-13(3)11-25)10-15(23-16)27-18-19-7-5-8-20-18/h5,7-8,10,12-13H,4,6,9,11H2,1-3H3,(H2,21,22,23,24,26)/t13-/m0/s1. The van der Waals surface area contributed by atoms with Crippen molar-refractivity contribution in [2.24, 2.45) is 5.92 Å². The van der Waals surface area contributed by atoms with Crippen LogP contribution in [0.15, 0.2) is 34.7 Å². The first-order valence-corrected chi connectivity index (χ1v) is 10.4. The maximum Gasteiger partial charge on any atom is 0.232 e. The van der Waals surface area contributed by atoms with Crippen LogP contribution in [0, 0.1) is 5.92 Å². The molecule has 0 radical (unpaired) electrons. The molecule has 1 aliphatic heterocycles. The average molecular weight is 404 g/mol. The molecule has 3 rings (SSSR count). The molecule has 0 aliphatic carbocycles. The minimum absolute atomic E-state index is 0.239. The van der Waals surface area contributed by atoms with E-state index in [4.69, 9.17) is 17.2 Å². The van der Waals surface area contributed by atoms with Gasteiger partial charge in [0.05, 0.1) is 0 Å². The summed E-state index contributed by atoms with van der Waals surface area (Å²) < 4.78 is 0. The third-order valence-corrected chi connectivity index (χ3v) is 5.08. The number of piperidine rings is 1. The van der Waals surface area contributed by atoms with Gasteiger partial charge in [-0.1, -0.05) is 6.92 Å². The van der Waals surface area contributed by atoms with Gasteiger partial charge in [-0.05, 0) is 62.7 Å².